The van der Waals surface area contributed by atoms with Crippen LogP contribution in [0.2, 0.25) is 5.02 Å². The van der Waals surface area contributed by atoms with Gasteiger partial charge in [-0.2, -0.15) is 0 Å². The van der Waals surface area contributed by atoms with Gasteiger partial charge in [-0.05, 0) is 31.9 Å². The van der Waals surface area contributed by atoms with Gasteiger partial charge in [0.25, 0.3) is 0 Å². The number of halogens is 1. The molecule has 0 saturated heterocycles. The van der Waals surface area contributed by atoms with Gasteiger partial charge in [0.2, 0.25) is 5.82 Å². The van der Waals surface area contributed by atoms with Gasteiger partial charge in [-0.25, -0.2) is 15.1 Å². The Morgan fingerprint density at radius 2 is 2.24 bits per heavy atom. The third-order valence-electron chi connectivity index (χ3n) is 3.17. The van der Waals surface area contributed by atoms with E-state index >= 15 is 0 Å². The molecule has 2 aromatic rings. The van der Waals surface area contributed by atoms with Crippen LogP contribution in [0.3, 0.4) is 0 Å². The summed E-state index contributed by atoms with van der Waals surface area (Å²) in [6.07, 6.45) is 2.10. The van der Waals surface area contributed by atoms with Crippen molar-refractivity contribution in [2.45, 2.75) is 25.7 Å². The number of para-hydroxylation sites is 1. The monoisotopic (exact) mass is 306 g/mol. The van der Waals surface area contributed by atoms with E-state index in [9.17, 15) is 4.79 Å². The molecule has 1 fully saturated rings. The second kappa shape index (κ2) is 5.83. The third kappa shape index (κ3) is 2.91. The van der Waals surface area contributed by atoms with Gasteiger partial charge in [0.1, 0.15) is 5.82 Å². The largest absolute Gasteiger partial charge is 0.314 e. The maximum absolute atomic E-state index is 11.9. The Balaban J connectivity index is 1.98. The Kier molecular flexibility index (Phi) is 3.90. The SMILES string of the molecule is CCONC(=O)c1nc(C2CC2)n(-c2ccccc2Cl)n1. The van der Waals surface area contributed by atoms with Crippen molar-refractivity contribution in [1.29, 1.82) is 0 Å². The topological polar surface area (TPSA) is 69.0 Å². The molecular formula is C14H15ClN4O2. The van der Waals surface area contributed by atoms with E-state index in [-0.39, 0.29) is 5.82 Å². The summed E-state index contributed by atoms with van der Waals surface area (Å²) in [6.45, 7) is 2.16. The molecule has 1 saturated carbocycles. The summed E-state index contributed by atoms with van der Waals surface area (Å²) in [5.41, 5.74) is 3.03. The van der Waals surface area contributed by atoms with Crippen LogP contribution in [-0.4, -0.2) is 27.3 Å². The molecule has 3 rings (SSSR count). The van der Waals surface area contributed by atoms with Crippen LogP contribution in [0.25, 0.3) is 5.69 Å². The summed E-state index contributed by atoms with van der Waals surface area (Å²) in [7, 11) is 0. The molecule has 21 heavy (non-hydrogen) atoms. The quantitative estimate of drug-likeness (QED) is 0.862. The van der Waals surface area contributed by atoms with Crippen molar-refractivity contribution in [1.82, 2.24) is 20.2 Å². The van der Waals surface area contributed by atoms with Crippen LogP contribution >= 0.6 is 11.6 Å². The fourth-order valence-electron chi connectivity index (χ4n) is 2.01. The summed E-state index contributed by atoms with van der Waals surface area (Å²) in [4.78, 5) is 21.2. The minimum Gasteiger partial charge on any atom is -0.274 e. The summed E-state index contributed by atoms with van der Waals surface area (Å²) in [5.74, 6) is 0.738. The second-order valence-corrected chi connectivity index (χ2v) is 5.20. The van der Waals surface area contributed by atoms with Crippen molar-refractivity contribution in [2.24, 2.45) is 0 Å². The average Bonchev–Trinajstić information content (AvgIpc) is 3.24. The molecule has 0 bridgehead atoms. The highest BCUT2D eigenvalue weighted by molar-refractivity contribution is 6.32. The van der Waals surface area contributed by atoms with Crippen LogP contribution in [0, 0.1) is 0 Å². The number of nitrogens with zero attached hydrogens (tertiary/aromatic N) is 3. The minimum absolute atomic E-state index is 0.0882. The standard InChI is InChI=1S/C14H15ClN4O2/c1-2-21-18-14(20)12-16-13(9-7-8-9)19(17-12)11-6-4-3-5-10(11)15/h3-6,9H,2,7-8H2,1H3,(H,18,20). The zero-order valence-electron chi connectivity index (χ0n) is 11.5. The van der Waals surface area contributed by atoms with E-state index in [2.05, 4.69) is 15.6 Å². The maximum atomic E-state index is 11.9. The Bertz CT molecular complexity index is 667. The van der Waals surface area contributed by atoms with Crippen LogP contribution in [-0.2, 0) is 4.84 Å². The zero-order chi connectivity index (χ0) is 14.8. The molecule has 1 heterocycles. The number of hydroxylamine groups is 1. The molecule has 1 aliphatic carbocycles. The van der Waals surface area contributed by atoms with Crippen molar-refractivity contribution in [3.63, 3.8) is 0 Å². The lowest BCUT2D eigenvalue weighted by Gasteiger charge is -2.06. The number of carbonyl (C=O) groups excluding carboxylic acids is 1. The van der Waals surface area contributed by atoms with Crippen molar-refractivity contribution < 1.29 is 9.63 Å². The summed E-state index contributed by atoms with van der Waals surface area (Å²) < 4.78 is 1.65. The van der Waals surface area contributed by atoms with Gasteiger partial charge in [0, 0.05) is 5.92 Å². The maximum Gasteiger partial charge on any atom is 0.314 e. The Labute approximate surface area is 127 Å². The lowest BCUT2D eigenvalue weighted by molar-refractivity contribution is 0.0355. The van der Waals surface area contributed by atoms with Crippen molar-refractivity contribution in [3.8, 4) is 5.69 Å². The first-order valence-electron chi connectivity index (χ1n) is 6.84. The first-order valence-corrected chi connectivity index (χ1v) is 7.22. The van der Waals surface area contributed by atoms with E-state index in [1.807, 2.05) is 18.2 Å². The minimum atomic E-state index is -0.454. The number of benzene rings is 1. The van der Waals surface area contributed by atoms with E-state index in [0.717, 1.165) is 24.4 Å². The molecule has 0 spiro atoms. The summed E-state index contributed by atoms with van der Waals surface area (Å²) in [5, 5.41) is 4.85. The van der Waals surface area contributed by atoms with E-state index in [4.69, 9.17) is 16.4 Å². The molecule has 0 radical (unpaired) electrons. The van der Waals surface area contributed by atoms with Crippen LogP contribution < -0.4 is 5.48 Å². The first kappa shape index (κ1) is 14.0. The molecular weight excluding hydrogens is 292 g/mol. The number of hydrogen-bond donors (Lipinski definition) is 1. The van der Waals surface area contributed by atoms with E-state index in [0.29, 0.717) is 17.5 Å². The number of carbonyl (C=O) groups is 1. The molecule has 1 aromatic heterocycles. The summed E-state index contributed by atoms with van der Waals surface area (Å²) >= 11 is 6.21. The van der Waals surface area contributed by atoms with Crippen molar-refractivity contribution >= 4 is 17.5 Å². The molecule has 6 nitrogen and oxygen atoms in total. The number of aromatic nitrogens is 3. The van der Waals surface area contributed by atoms with E-state index in [1.165, 1.54) is 0 Å². The molecule has 0 atom stereocenters. The Morgan fingerprint density at radius 3 is 2.90 bits per heavy atom. The fraction of sp³-hybridized carbons (Fsp3) is 0.357. The number of nitrogens with one attached hydrogen (secondary N) is 1. The zero-order valence-corrected chi connectivity index (χ0v) is 12.3. The highest BCUT2D eigenvalue weighted by atomic mass is 35.5. The van der Waals surface area contributed by atoms with Crippen molar-refractivity contribution in [3.05, 3.63) is 40.9 Å². The molecule has 1 amide bonds. The molecule has 1 aliphatic rings. The van der Waals surface area contributed by atoms with Crippen LogP contribution in [0.5, 0.6) is 0 Å². The predicted molar refractivity (Wildman–Crippen MR) is 77.4 cm³/mol. The van der Waals surface area contributed by atoms with Gasteiger partial charge in [-0.15, -0.1) is 5.10 Å². The highest BCUT2D eigenvalue weighted by Gasteiger charge is 2.32. The highest BCUT2D eigenvalue weighted by Crippen LogP contribution is 2.40. The smallest absolute Gasteiger partial charge is 0.274 e. The molecule has 0 aliphatic heterocycles. The first-order chi connectivity index (χ1) is 10.2. The van der Waals surface area contributed by atoms with Crippen LogP contribution in [0.4, 0.5) is 0 Å². The Morgan fingerprint density at radius 1 is 1.48 bits per heavy atom. The van der Waals surface area contributed by atoms with Gasteiger partial charge < -0.3 is 0 Å². The normalized spacial score (nSPS) is 14.2. The molecule has 1 N–H and O–H groups in total. The lowest BCUT2D eigenvalue weighted by Crippen LogP contribution is -2.24. The molecule has 110 valence electrons. The Hall–Kier alpha value is -1.92. The van der Waals surface area contributed by atoms with Gasteiger partial charge >= 0.3 is 5.91 Å². The van der Waals surface area contributed by atoms with Gasteiger partial charge in [0.15, 0.2) is 0 Å². The van der Waals surface area contributed by atoms with Crippen LogP contribution in [0.15, 0.2) is 24.3 Å². The van der Waals surface area contributed by atoms with Crippen LogP contribution in [0.1, 0.15) is 42.1 Å². The van der Waals surface area contributed by atoms with Gasteiger partial charge in [-0.1, -0.05) is 23.7 Å². The fourth-order valence-corrected chi connectivity index (χ4v) is 2.23. The summed E-state index contributed by atoms with van der Waals surface area (Å²) in [6, 6.07) is 7.37. The molecule has 0 unspecified atom stereocenters. The second-order valence-electron chi connectivity index (χ2n) is 4.80. The lowest BCUT2D eigenvalue weighted by atomic mass is 10.3. The van der Waals surface area contributed by atoms with E-state index in [1.54, 1.807) is 17.7 Å². The van der Waals surface area contributed by atoms with Crippen molar-refractivity contribution in [2.75, 3.05) is 6.61 Å². The number of hydrogen-bond acceptors (Lipinski definition) is 4. The number of rotatable bonds is 5. The molecule has 1 aromatic carbocycles. The third-order valence-corrected chi connectivity index (χ3v) is 3.49. The van der Waals surface area contributed by atoms with E-state index < -0.39 is 5.91 Å². The predicted octanol–water partition coefficient (Wildman–Crippen LogP) is 2.48. The number of amides is 1. The van der Waals surface area contributed by atoms with Gasteiger partial charge in [-0.3, -0.25) is 9.63 Å². The molecule has 7 heteroatoms. The van der Waals surface area contributed by atoms with Gasteiger partial charge in [0.05, 0.1) is 17.3 Å². The average molecular weight is 307 g/mol.